The molecule has 0 aliphatic rings. The Hall–Kier alpha value is -2.04. The Balaban J connectivity index is 0.00000264. The maximum atomic E-state index is 12.1. The molecule has 1 unspecified atom stereocenters. The minimum absolute atomic E-state index is 0. The van der Waals surface area contributed by atoms with E-state index in [1.165, 1.54) is 0 Å². The van der Waals surface area contributed by atoms with E-state index >= 15 is 0 Å². The third-order valence-corrected chi connectivity index (χ3v) is 3.37. The normalized spacial score (nSPS) is 11.2. The van der Waals surface area contributed by atoms with Gasteiger partial charge >= 0.3 is 0 Å². The molecule has 0 bridgehead atoms. The number of carbonyl (C=O) groups is 1. The van der Waals surface area contributed by atoms with Gasteiger partial charge in [0.2, 0.25) is 5.91 Å². The highest BCUT2D eigenvalue weighted by molar-refractivity contribution is 5.93. The van der Waals surface area contributed by atoms with Crippen LogP contribution in [0, 0.1) is 5.92 Å². The van der Waals surface area contributed by atoms with Crippen LogP contribution >= 0.6 is 12.4 Å². The summed E-state index contributed by atoms with van der Waals surface area (Å²) in [6.07, 6.45) is 0. The Labute approximate surface area is 143 Å². The summed E-state index contributed by atoms with van der Waals surface area (Å²) in [5.74, 6) is 0.724. The molecule has 124 valence electrons. The third kappa shape index (κ3) is 5.93. The van der Waals surface area contributed by atoms with Crippen molar-refractivity contribution >= 4 is 24.0 Å². The SMILES string of the molecule is CNCC(C)C(=O)Nc1ccccc1COc1ccccc1.Cl. The molecule has 1 atom stereocenters. The quantitative estimate of drug-likeness (QED) is 0.815. The van der Waals surface area contributed by atoms with Crippen LogP contribution in [0.1, 0.15) is 12.5 Å². The lowest BCUT2D eigenvalue weighted by Gasteiger charge is -2.15. The molecule has 23 heavy (non-hydrogen) atoms. The second-order valence-corrected chi connectivity index (χ2v) is 5.21. The van der Waals surface area contributed by atoms with Gasteiger partial charge in [-0.1, -0.05) is 43.3 Å². The van der Waals surface area contributed by atoms with E-state index in [2.05, 4.69) is 10.6 Å². The largest absolute Gasteiger partial charge is 0.489 e. The van der Waals surface area contributed by atoms with E-state index in [0.717, 1.165) is 17.0 Å². The fourth-order valence-corrected chi connectivity index (χ4v) is 2.10. The number of ether oxygens (including phenoxy) is 1. The van der Waals surface area contributed by atoms with Gasteiger partial charge in [-0.05, 0) is 25.2 Å². The predicted molar refractivity (Wildman–Crippen MR) is 96.2 cm³/mol. The highest BCUT2D eigenvalue weighted by Gasteiger charge is 2.13. The molecular weight excluding hydrogens is 312 g/mol. The van der Waals surface area contributed by atoms with Gasteiger partial charge in [0.25, 0.3) is 0 Å². The first-order valence-corrected chi connectivity index (χ1v) is 7.42. The number of halogens is 1. The summed E-state index contributed by atoms with van der Waals surface area (Å²) in [5, 5.41) is 5.98. The Kier molecular flexibility index (Phi) is 8.16. The molecule has 2 N–H and O–H groups in total. The van der Waals surface area contributed by atoms with Gasteiger partial charge in [0, 0.05) is 23.7 Å². The summed E-state index contributed by atoms with van der Waals surface area (Å²) in [6.45, 7) is 2.96. The van der Waals surface area contributed by atoms with E-state index < -0.39 is 0 Å². The van der Waals surface area contributed by atoms with Crippen LogP contribution in [0.4, 0.5) is 5.69 Å². The van der Waals surface area contributed by atoms with Crippen LogP contribution in [0.2, 0.25) is 0 Å². The Bertz CT molecular complexity index is 605. The van der Waals surface area contributed by atoms with Crippen molar-refractivity contribution in [2.45, 2.75) is 13.5 Å². The van der Waals surface area contributed by atoms with Gasteiger partial charge in [0.05, 0.1) is 0 Å². The molecule has 0 aliphatic heterocycles. The first-order valence-electron chi connectivity index (χ1n) is 7.42. The number of benzene rings is 2. The number of hydrogen-bond acceptors (Lipinski definition) is 3. The van der Waals surface area contributed by atoms with Crippen molar-refractivity contribution in [1.29, 1.82) is 0 Å². The van der Waals surface area contributed by atoms with Crippen molar-refractivity contribution in [3.63, 3.8) is 0 Å². The highest BCUT2D eigenvalue weighted by atomic mass is 35.5. The molecule has 1 amide bonds. The summed E-state index contributed by atoms with van der Waals surface area (Å²) < 4.78 is 5.76. The molecule has 2 aromatic carbocycles. The lowest BCUT2D eigenvalue weighted by molar-refractivity contribution is -0.119. The van der Waals surface area contributed by atoms with E-state index in [1.807, 2.05) is 68.6 Å². The second-order valence-electron chi connectivity index (χ2n) is 5.21. The monoisotopic (exact) mass is 334 g/mol. The smallest absolute Gasteiger partial charge is 0.228 e. The van der Waals surface area contributed by atoms with Crippen LogP contribution in [0.5, 0.6) is 5.75 Å². The van der Waals surface area contributed by atoms with Crippen LogP contribution < -0.4 is 15.4 Å². The highest BCUT2D eigenvalue weighted by Crippen LogP contribution is 2.19. The van der Waals surface area contributed by atoms with Crippen molar-refractivity contribution in [2.75, 3.05) is 18.9 Å². The van der Waals surface area contributed by atoms with Gasteiger partial charge in [0.15, 0.2) is 0 Å². The second kappa shape index (κ2) is 9.87. The molecule has 0 aliphatic carbocycles. The van der Waals surface area contributed by atoms with Gasteiger partial charge in [0.1, 0.15) is 12.4 Å². The number of nitrogens with one attached hydrogen (secondary N) is 2. The molecule has 0 aromatic heterocycles. The molecule has 0 radical (unpaired) electrons. The molecular formula is C18H23ClN2O2. The summed E-state index contributed by atoms with van der Waals surface area (Å²) in [7, 11) is 1.84. The zero-order valence-corrected chi connectivity index (χ0v) is 14.2. The lowest BCUT2D eigenvalue weighted by Crippen LogP contribution is -2.29. The molecule has 0 fully saturated rings. The molecule has 0 heterocycles. The number of rotatable bonds is 7. The number of hydrogen-bond donors (Lipinski definition) is 2. The van der Waals surface area contributed by atoms with Gasteiger partial charge in [-0.15, -0.1) is 12.4 Å². The first kappa shape index (κ1) is 19.0. The fraction of sp³-hybridized carbons (Fsp3) is 0.278. The van der Waals surface area contributed by atoms with Crippen LogP contribution in [0.15, 0.2) is 54.6 Å². The van der Waals surface area contributed by atoms with E-state index in [1.54, 1.807) is 0 Å². The van der Waals surface area contributed by atoms with Crippen molar-refractivity contribution in [2.24, 2.45) is 5.92 Å². The van der Waals surface area contributed by atoms with Crippen LogP contribution in [-0.4, -0.2) is 19.5 Å². The summed E-state index contributed by atoms with van der Waals surface area (Å²) in [4.78, 5) is 12.1. The predicted octanol–water partition coefficient (Wildman–Crippen LogP) is 3.48. The standard InChI is InChI=1S/C18H22N2O2.ClH/c1-14(12-19-2)18(21)20-17-11-7-6-8-15(17)13-22-16-9-4-3-5-10-16;/h3-11,14,19H,12-13H2,1-2H3,(H,20,21);1H. The molecule has 5 heteroatoms. The van der Waals surface area contributed by atoms with Crippen molar-refractivity contribution < 1.29 is 9.53 Å². The molecule has 0 saturated carbocycles. The van der Waals surface area contributed by atoms with E-state index in [9.17, 15) is 4.79 Å². The maximum Gasteiger partial charge on any atom is 0.228 e. The van der Waals surface area contributed by atoms with E-state index in [0.29, 0.717) is 13.2 Å². The number of para-hydroxylation sites is 2. The van der Waals surface area contributed by atoms with Crippen LogP contribution in [-0.2, 0) is 11.4 Å². The summed E-state index contributed by atoms with van der Waals surface area (Å²) in [6, 6.07) is 17.3. The van der Waals surface area contributed by atoms with Crippen molar-refractivity contribution in [3.05, 3.63) is 60.2 Å². The third-order valence-electron chi connectivity index (χ3n) is 3.37. The van der Waals surface area contributed by atoms with Gasteiger partial charge in [-0.3, -0.25) is 4.79 Å². The lowest BCUT2D eigenvalue weighted by atomic mass is 10.1. The van der Waals surface area contributed by atoms with Gasteiger partial charge < -0.3 is 15.4 Å². The van der Waals surface area contributed by atoms with E-state index in [4.69, 9.17) is 4.74 Å². The Morgan fingerprint density at radius 2 is 1.74 bits per heavy atom. The summed E-state index contributed by atoms with van der Waals surface area (Å²) >= 11 is 0. The van der Waals surface area contributed by atoms with Crippen molar-refractivity contribution in [1.82, 2.24) is 5.32 Å². The topological polar surface area (TPSA) is 50.4 Å². The molecule has 4 nitrogen and oxygen atoms in total. The Morgan fingerprint density at radius 3 is 2.43 bits per heavy atom. The first-order chi connectivity index (χ1) is 10.7. The molecule has 2 rings (SSSR count). The van der Waals surface area contributed by atoms with Gasteiger partial charge in [-0.25, -0.2) is 0 Å². The zero-order valence-electron chi connectivity index (χ0n) is 13.4. The minimum atomic E-state index is -0.0897. The average Bonchev–Trinajstić information content (AvgIpc) is 2.55. The molecule has 0 spiro atoms. The van der Waals surface area contributed by atoms with Crippen molar-refractivity contribution in [3.8, 4) is 5.75 Å². The molecule has 2 aromatic rings. The Morgan fingerprint density at radius 1 is 1.09 bits per heavy atom. The summed E-state index contributed by atoms with van der Waals surface area (Å²) in [5.41, 5.74) is 1.75. The minimum Gasteiger partial charge on any atom is -0.489 e. The zero-order chi connectivity index (χ0) is 15.8. The average molecular weight is 335 g/mol. The van der Waals surface area contributed by atoms with E-state index in [-0.39, 0.29) is 24.2 Å². The fourth-order valence-electron chi connectivity index (χ4n) is 2.10. The van der Waals surface area contributed by atoms with Crippen LogP contribution in [0.25, 0.3) is 0 Å². The van der Waals surface area contributed by atoms with Crippen LogP contribution in [0.3, 0.4) is 0 Å². The maximum absolute atomic E-state index is 12.1. The van der Waals surface area contributed by atoms with Gasteiger partial charge in [-0.2, -0.15) is 0 Å². The molecule has 0 saturated heterocycles. The number of amides is 1. The number of carbonyl (C=O) groups excluding carboxylic acids is 1. The number of anilines is 1.